The molecule has 0 aliphatic carbocycles. The van der Waals surface area contributed by atoms with Gasteiger partial charge in [0.05, 0.1) is 6.61 Å². The van der Waals surface area contributed by atoms with Crippen LogP contribution in [0.25, 0.3) is 0 Å². The Morgan fingerprint density at radius 3 is 2.57 bits per heavy atom. The second-order valence-electron chi connectivity index (χ2n) is 6.78. The summed E-state index contributed by atoms with van der Waals surface area (Å²) in [7, 11) is 0. The van der Waals surface area contributed by atoms with Crippen molar-refractivity contribution in [3.63, 3.8) is 0 Å². The van der Waals surface area contributed by atoms with E-state index in [2.05, 4.69) is 12.2 Å². The Balaban J connectivity index is 2.20. The van der Waals surface area contributed by atoms with Crippen LogP contribution in [-0.2, 0) is 14.3 Å². The lowest BCUT2D eigenvalue weighted by atomic mass is 9.89. The number of carbonyl (C=O) groups excluding carboxylic acids is 2. The molecule has 0 spiro atoms. The van der Waals surface area contributed by atoms with Gasteiger partial charge in [-0.1, -0.05) is 34.1 Å². The van der Waals surface area contributed by atoms with Gasteiger partial charge < -0.3 is 15.0 Å². The maximum atomic E-state index is 12.8. The lowest BCUT2D eigenvalue weighted by Crippen LogP contribution is -2.66. The first-order chi connectivity index (χ1) is 9.95. The highest BCUT2D eigenvalue weighted by molar-refractivity contribution is 5.97. The Bertz CT molecular complexity index is 391. The molecule has 0 saturated carbocycles. The summed E-state index contributed by atoms with van der Waals surface area (Å²) in [6, 6.07) is -0.724. The van der Waals surface area contributed by atoms with Crippen LogP contribution in [0.1, 0.15) is 40.5 Å². The molecule has 4 unspecified atom stereocenters. The van der Waals surface area contributed by atoms with Gasteiger partial charge >= 0.3 is 0 Å². The van der Waals surface area contributed by atoms with Crippen molar-refractivity contribution in [2.75, 3.05) is 19.8 Å². The second kappa shape index (κ2) is 6.77. The molecule has 5 nitrogen and oxygen atoms in total. The number of nitrogens with one attached hydrogen (secondary N) is 1. The van der Waals surface area contributed by atoms with Gasteiger partial charge in [0.2, 0.25) is 11.8 Å². The van der Waals surface area contributed by atoms with Crippen molar-refractivity contribution in [3.8, 4) is 0 Å². The van der Waals surface area contributed by atoms with Crippen LogP contribution < -0.4 is 5.32 Å². The van der Waals surface area contributed by atoms with Gasteiger partial charge in [-0.2, -0.15) is 0 Å². The highest BCUT2D eigenvalue weighted by Gasteiger charge is 2.44. The van der Waals surface area contributed by atoms with E-state index in [4.69, 9.17) is 4.74 Å². The Kier molecular flexibility index (Phi) is 5.25. The van der Waals surface area contributed by atoms with Crippen LogP contribution in [-0.4, -0.2) is 48.6 Å². The summed E-state index contributed by atoms with van der Waals surface area (Å²) in [5.74, 6) is 0.716. The van der Waals surface area contributed by atoms with Gasteiger partial charge in [0.15, 0.2) is 0 Å². The molecule has 2 rings (SSSR count). The van der Waals surface area contributed by atoms with Gasteiger partial charge in [0.1, 0.15) is 12.1 Å². The average molecular weight is 296 g/mol. The Labute approximate surface area is 127 Å². The molecule has 0 bridgehead atoms. The van der Waals surface area contributed by atoms with E-state index in [0.29, 0.717) is 19.1 Å². The molecule has 2 fully saturated rings. The zero-order chi connectivity index (χ0) is 15.6. The summed E-state index contributed by atoms with van der Waals surface area (Å²) in [5, 5.41) is 2.92. The highest BCUT2D eigenvalue weighted by atomic mass is 16.5. The summed E-state index contributed by atoms with van der Waals surface area (Å²) in [5.41, 5.74) is 0. The van der Waals surface area contributed by atoms with E-state index in [1.54, 1.807) is 0 Å². The molecule has 4 atom stereocenters. The van der Waals surface area contributed by atoms with Crippen molar-refractivity contribution in [1.82, 2.24) is 10.2 Å². The molecular formula is C16H28N2O3. The molecule has 2 saturated heterocycles. The van der Waals surface area contributed by atoms with E-state index < -0.39 is 0 Å². The molecule has 1 N–H and O–H groups in total. The standard InChI is InChI=1S/C16H28N2O3/c1-5-11(4)14-15(19)17-13(10(2)3)16(20)18(14)8-12-6-7-21-9-12/h10-14H,5-9H2,1-4H3,(H,17,19). The van der Waals surface area contributed by atoms with Crippen molar-refractivity contribution in [2.45, 2.75) is 52.6 Å². The number of ether oxygens (including phenoxy) is 1. The number of hydrogen-bond acceptors (Lipinski definition) is 3. The predicted molar refractivity (Wildman–Crippen MR) is 80.7 cm³/mol. The number of carbonyl (C=O) groups is 2. The third kappa shape index (κ3) is 3.39. The fourth-order valence-electron chi connectivity index (χ4n) is 3.21. The van der Waals surface area contributed by atoms with Gasteiger partial charge in [-0.3, -0.25) is 9.59 Å². The van der Waals surface area contributed by atoms with E-state index >= 15 is 0 Å². The first-order valence-electron chi connectivity index (χ1n) is 8.14. The topological polar surface area (TPSA) is 58.6 Å². The quantitative estimate of drug-likeness (QED) is 0.835. The van der Waals surface area contributed by atoms with Crippen LogP contribution in [0.4, 0.5) is 0 Å². The lowest BCUT2D eigenvalue weighted by molar-refractivity contribution is -0.153. The smallest absolute Gasteiger partial charge is 0.246 e. The molecule has 0 radical (unpaired) electrons. The fourth-order valence-corrected chi connectivity index (χ4v) is 3.21. The monoisotopic (exact) mass is 296 g/mol. The summed E-state index contributed by atoms with van der Waals surface area (Å²) in [4.78, 5) is 27.1. The highest BCUT2D eigenvalue weighted by Crippen LogP contribution is 2.25. The molecular weight excluding hydrogens is 268 g/mol. The van der Waals surface area contributed by atoms with Crippen LogP contribution >= 0.6 is 0 Å². The molecule has 21 heavy (non-hydrogen) atoms. The minimum Gasteiger partial charge on any atom is -0.381 e. The number of rotatable bonds is 5. The van der Waals surface area contributed by atoms with Gasteiger partial charge in [-0.15, -0.1) is 0 Å². The summed E-state index contributed by atoms with van der Waals surface area (Å²) >= 11 is 0. The minimum atomic E-state index is -0.389. The zero-order valence-electron chi connectivity index (χ0n) is 13.6. The van der Waals surface area contributed by atoms with Crippen LogP contribution in [0.5, 0.6) is 0 Å². The molecule has 5 heteroatoms. The van der Waals surface area contributed by atoms with Crippen molar-refractivity contribution in [3.05, 3.63) is 0 Å². The molecule has 2 aliphatic rings. The van der Waals surface area contributed by atoms with Gasteiger partial charge in [-0.25, -0.2) is 0 Å². The van der Waals surface area contributed by atoms with Gasteiger partial charge in [0.25, 0.3) is 0 Å². The first-order valence-corrected chi connectivity index (χ1v) is 8.14. The predicted octanol–water partition coefficient (Wildman–Crippen LogP) is 1.42. The van der Waals surface area contributed by atoms with Crippen LogP contribution in [0.15, 0.2) is 0 Å². The number of nitrogens with zero attached hydrogens (tertiary/aromatic N) is 1. The number of amides is 2. The van der Waals surface area contributed by atoms with Crippen molar-refractivity contribution < 1.29 is 14.3 Å². The maximum Gasteiger partial charge on any atom is 0.246 e. The van der Waals surface area contributed by atoms with Gasteiger partial charge in [0, 0.05) is 19.1 Å². The maximum absolute atomic E-state index is 12.8. The second-order valence-corrected chi connectivity index (χ2v) is 6.78. The summed E-state index contributed by atoms with van der Waals surface area (Å²) < 4.78 is 5.42. The lowest BCUT2D eigenvalue weighted by Gasteiger charge is -2.43. The Morgan fingerprint density at radius 2 is 2.05 bits per heavy atom. The Morgan fingerprint density at radius 1 is 1.33 bits per heavy atom. The molecule has 0 aromatic rings. The molecule has 120 valence electrons. The van der Waals surface area contributed by atoms with E-state index in [1.807, 2.05) is 25.7 Å². The number of hydrogen-bond donors (Lipinski definition) is 1. The molecule has 0 aromatic carbocycles. The number of piperazine rings is 1. The van der Waals surface area contributed by atoms with Crippen molar-refractivity contribution in [1.29, 1.82) is 0 Å². The summed E-state index contributed by atoms with van der Waals surface area (Å²) in [6.07, 6.45) is 1.86. The van der Waals surface area contributed by atoms with Crippen LogP contribution in [0, 0.1) is 17.8 Å². The third-order valence-electron chi connectivity index (χ3n) is 4.78. The van der Waals surface area contributed by atoms with Crippen molar-refractivity contribution in [2.24, 2.45) is 17.8 Å². The fraction of sp³-hybridized carbons (Fsp3) is 0.875. The van der Waals surface area contributed by atoms with E-state index in [-0.39, 0.29) is 35.7 Å². The normalized spacial score (nSPS) is 31.7. The van der Waals surface area contributed by atoms with Gasteiger partial charge in [-0.05, 0) is 18.3 Å². The summed E-state index contributed by atoms with van der Waals surface area (Å²) in [6.45, 7) is 10.2. The zero-order valence-corrected chi connectivity index (χ0v) is 13.6. The average Bonchev–Trinajstić information content (AvgIpc) is 2.94. The SMILES string of the molecule is CCC(C)C1C(=O)NC(C(C)C)C(=O)N1CC1CCOC1. The third-order valence-corrected chi connectivity index (χ3v) is 4.78. The minimum absolute atomic E-state index is 0.00145. The molecule has 0 aromatic heterocycles. The Hall–Kier alpha value is -1.10. The van der Waals surface area contributed by atoms with E-state index in [0.717, 1.165) is 19.4 Å². The van der Waals surface area contributed by atoms with Crippen molar-refractivity contribution >= 4 is 11.8 Å². The molecule has 2 aliphatic heterocycles. The van der Waals surface area contributed by atoms with E-state index in [9.17, 15) is 9.59 Å². The van der Waals surface area contributed by atoms with Crippen LogP contribution in [0.3, 0.4) is 0 Å². The van der Waals surface area contributed by atoms with E-state index in [1.165, 1.54) is 0 Å². The molecule has 2 amide bonds. The molecule has 2 heterocycles. The first kappa shape index (κ1) is 16.3. The largest absolute Gasteiger partial charge is 0.381 e. The van der Waals surface area contributed by atoms with Crippen LogP contribution in [0.2, 0.25) is 0 Å².